The molecule has 116 valence electrons. The largest absolute Gasteiger partial charge is 0.348 e. The lowest BCUT2D eigenvalue weighted by Crippen LogP contribution is -2.23. The lowest BCUT2D eigenvalue weighted by Gasteiger charge is -2.08. The molecule has 6 heteroatoms. The van der Waals surface area contributed by atoms with Gasteiger partial charge in [-0.3, -0.25) is 9.78 Å². The predicted octanol–water partition coefficient (Wildman–Crippen LogP) is 3.86. The van der Waals surface area contributed by atoms with E-state index in [1.807, 2.05) is 23.9 Å². The summed E-state index contributed by atoms with van der Waals surface area (Å²) in [4.78, 5) is 22.0. The molecule has 0 saturated carbocycles. The van der Waals surface area contributed by atoms with E-state index in [-0.39, 0.29) is 5.91 Å². The summed E-state index contributed by atoms with van der Waals surface area (Å²) in [7, 11) is 0. The van der Waals surface area contributed by atoms with Crippen molar-refractivity contribution in [3.63, 3.8) is 0 Å². The molecule has 3 aromatic rings. The van der Waals surface area contributed by atoms with Gasteiger partial charge in [-0.05, 0) is 41.5 Å². The van der Waals surface area contributed by atoms with Gasteiger partial charge in [0.05, 0.1) is 5.56 Å². The zero-order valence-corrected chi connectivity index (χ0v) is 14.2. The molecule has 3 rings (SSSR count). The molecular weight excluding hydrogens is 326 g/mol. The van der Waals surface area contributed by atoms with Crippen molar-refractivity contribution in [3.05, 3.63) is 65.4 Å². The van der Waals surface area contributed by atoms with Crippen molar-refractivity contribution in [1.82, 2.24) is 15.3 Å². The minimum atomic E-state index is -0.121. The fourth-order valence-corrected chi connectivity index (χ4v) is 3.42. The summed E-state index contributed by atoms with van der Waals surface area (Å²) in [6.07, 6.45) is 7.21. The van der Waals surface area contributed by atoms with Crippen LogP contribution >= 0.6 is 23.1 Å². The van der Waals surface area contributed by atoms with Crippen molar-refractivity contribution in [2.75, 3.05) is 6.26 Å². The van der Waals surface area contributed by atoms with Gasteiger partial charge in [-0.2, -0.15) is 0 Å². The zero-order chi connectivity index (χ0) is 16.1. The lowest BCUT2D eigenvalue weighted by atomic mass is 10.1. The Bertz CT molecular complexity index is 803. The van der Waals surface area contributed by atoms with Crippen LogP contribution in [0.1, 0.15) is 15.9 Å². The van der Waals surface area contributed by atoms with Gasteiger partial charge in [0, 0.05) is 35.6 Å². The first-order chi connectivity index (χ1) is 11.3. The van der Waals surface area contributed by atoms with E-state index in [0.717, 1.165) is 16.2 Å². The maximum absolute atomic E-state index is 12.3. The van der Waals surface area contributed by atoms with Gasteiger partial charge in [-0.15, -0.1) is 23.1 Å². The highest BCUT2D eigenvalue weighted by Gasteiger charge is 2.11. The highest BCUT2D eigenvalue weighted by molar-refractivity contribution is 7.98. The maximum atomic E-state index is 12.3. The third-order valence-corrected chi connectivity index (χ3v) is 4.89. The molecule has 3 aromatic heterocycles. The Morgan fingerprint density at radius 2 is 2.22 bits per heavy atom. The van der Waals surface area contributed by atoms with Crippen LogP contribution in [0.3, 0.4) is 0 Å². The van der Waals surface area contributed by atoms with Gasteiger partial charge in [-0.1, -0.05) is 6.07 Å². The Kier molecular flexibility index (Phi) is 5.05. The molecule has 0 aliphatic heterocycles. The van der Waals surface area contributed by atoms with Crippen molar-refractivity contribution < 1.29 is 4.79 Å². The number of aromatic nitrogens is 2. The quantitative estimate of drug-likeness (QED) is 0.716. The fourth-order valence-electron chi connectivity index (χ4n) is 2.17. The smallest absolute Gasteiger partial charge is 0.254 e. The number of amides is 1. The number of rotatable bonds is 5. The van der Waals surface area contributed by atoms with Crippen LogP contribution in [0.15, 0.2) is 59.3 Å². The normalized spacial score (nSPS) is 10.5. The monoisotopic (exact) mass is 341 g/mol. The van der Waals surface area contributed by atoms with Gasteiger partial charge in [-0.25, -0.2) is 4.98 Å². The highest BCUT2D eigenvalue weighted by atomic mass is 32.2. The van der Waals surface area contributed by atoms with Gasteiger partial charge >= 0.3 is 0 Å². The van der Waals surface area contributed by atoms with Gasteiger partial charge in [0.15, 0.2) is 0 Å². The van der Waals surface area contributed by atoms with Gasteiger partial charge in [0.25, 0.3) is 5.91 Å². The average molecular weight is 341 g/mol. The number of pyridine rings is 2. The standard InChI is InChI=1S/C17H15N3OS2/c1-22-17-14(4-2-6-19-17)16(21)20-10-12-8-13(11-18-9-12)15-5-3-7-23-15/h2-9,11H,10H2,1H3,(H,20,21). The van der Waals surface area contributed by atoms with Crippen LogP contribution in [0.5, 0.6) is 0 Å². The first-order valence-electron chi connectivity index (χ1n) is 7.03. The summed E-state index contributed by atoms with van der Waals surface area (Å²) in [5, 5.41) is 5.70. The van der Waals surface area contributed by atoms with Crippen LogP contribution < -0.4 is 5.32 Å². The van der Waals surface area contributed by atoms with Gasteiger partial charge in [0.1, 0.15) is 5.03 Å². The van der Waals surface area contributed by atoms with E-state index in [2.05, 4.69) is 27.4 Å². The molecule has 1 N–H and O–H groups in total. The molecule has 0 aliphatic rings. The number of nitrogens with zero attached hydrogens (tertiary/aromatic N) is 2. The number of thioether (sulfide) groups is 1. The molecule has 0 aliphatic carbocycles. The third-order valence-electron chi connectivity index (χ3n) is 3.26. The zero-order valence-electron chi connectivity index (χ0n) is 12.5. The van der Waals surface area contributed by atoms with E-state index < -0.39 is 0 Å². The Labute approximate surface area is 143 Å². The number of hydrogen-bond acceptors (Lipinski definition) is 5. The molecule has 0 aromatic carbocycles. The Hall–Kier alpha value is -2.18. The molecule has 1 amide bonds. The number of nitrogens with one attached hydrogen (secondary N) is 1. The fraction of sp³-hybridized carbons (Fsp3) is 0.118. The summed E-state index contributed by atoms with van der Waals surface area (Å²) in [5.41, 5.74) is 2.64. The maximum Gasteiger partial charge on any atom is 0.254 e. The molecule has 23 heavy (non-hydrogen) atoms. The summed E-state index contributed by atoms with van der Waals surface area (Å²) < 4.78 is 0. The Morgan fingerprint density at radius 3 is 3.00 bits per heavy atom. The van der Waals surface area contributed by atoms with Crippen LogP contribution in [0.25, 0.3) is 10.4 Å². The average Bonchev–Trinajstić information content (AvgIpc) is 3.14. The Morgan fingerprint density at radius 1 is 1.30 bits per heavy atom. The number of carbonyl (C=O) groups excluding carboxylic acids is 1. The Balaban J connectivity index is 1.71. The van der Waals surface area contributed by atoms with Crippen LogP contribution in [-0.2, 0) is 6.54 Å². The number of hydrogen-bond donors (Lipinski definition) is 1. The first-order valence-corrected chi connectivity index (χ1v) is 9.13. The number of carbonyl (C=O) groups is 1. The second-order valence-corrected chi connectivity index (χ2v) is 6.54. The molecule has 0 bridgehead atoms. The summed E-state index contributed by atoms with van der Waals surface area (Å²) in [5.74, 6) is -0.121. The van der Waals surface area contributed by atoms with Crippen molar-refractivity contribution >= 4 is 29.0 Å². The summed E-state index contributed by atoms with van der Waals surface area (Å²) in [6.45, 7) is 0.438. The van der Waals surface area contributed by atoms with E-state index in [9.17, 15) is 4.79 Å². The van der Waals surface area contributed by atoms with Crippen LogP contribution in [0.2, 0.25) is 0 Å². The van der Waals surface area contributed by atoms with Crippen LogP contribution in [0, 0.1) is 0 Å². The molecule has 3 heterocycles. The van der Waals surface area contributed by atoms with Crippen molar-refractivity contribution in [3.8, 4) is 10.4 Å². The minimum Gasteiger partial charge on any atom is -0.348 e. The van der Waals surface area contributed by atoms with E-state index in [1.165, 1.54) is 16.6 Å². The third kappa shape index (κ3) is 3.78. The first kappa shape index (κ1) is 15.7. The SMILES string of the molecule is CSc1ncccc1C(=O)NCc1cncc(-c2cccs2)c1. The van der Waals surface area contributed by atoms with Gasteiger partial charge in [0.2, 0.25) is 0 Å². The van der Waals surface area contributed by atoms with Crippen molar-refractivity contribution in [2.45, 2.75) is 11.6 Å². The molecule has 0 fully saturated rings. The summed E-state index contributed by atoms with van der Waals surface area (Å²) >= 11 is 3.14. The van der Waals surface area contributed by atoms with E-state index in [0.29, 0.717) is 12.1 Å². The van der Waals surface area contributed by atoms with E-state index in [1.54, 1.807) is 35.9 Å². The van der Waals surface area contributed by atoms with Crippen LogP contribution in [-0.4, -0.2) is 22.1 Å². The van der Waals surface area contributed by atoms with Crippen molar-refractivity contribution in [1.29, 1.82) is 0 Å². The second-order valence-electron chi connectivity index (χ2n) is 4.80. The minimum absolute atomic E-state index is 0.121. The molecular formula is C17H15N3OS2. The topological polar surface area (TPSA) is 54.9 Å². The molecule has 0 saturated heterocycles. The lowest BCUT2D eigenvalue weighted by molar-refractivity contribution is 0.0947. The van der Waals surface area contributed by atoms with E-state index >= 15 is 0 Å². The number of thiophene rings is 1. The highest BCUT2D eigenvalue weighted by Crippen LogP contribution is 2.24. The van der Waals surface area contributed by atoms with Crippen molar-refractivity contribution in [2.24, 2.45) is 0 Å². The van der Waals surface area contributed by atoms with Gasteiger partial charge < -0.3 is 5.32 Å². The molecule has 0 radical (unpaired) electrons. The molecule has 0 spiro atoms. The van der Waals surface area contributed by atoms with E-state index in [4.69, 9.17) is 0 Å². The molecule has 0 atom stereocenters. The predicted molar refractivity (Wildman–Crippen MR) is 94.7 cm³/mol. The second kappa shape index (κ2) is 7.39. The summed E-state index contributed by atoms with van der Waals surface area (Å²) in [6, 6.07) is 9.69. The molecule has 0 unspecified atom stereocenters. The van der Waals surface area contributed by atoms with Crippen LogP contribution in [0.4, 0.5) is 0 Å². The molecule has 4 nitrogen and oxygen atoms in total.